The van der Waals surface area contributed by atoms with Crippen LogP contribution in [-0.4, -0.2) is 49.8 Å². The van der Waals surface area contributed by atoms with Crippen molar-refractivity contribution in [3.63, 3.8) is 0 Å². The molecular formula is C12H20N2O3. The molecule has 0 aromatic carbocycles. The minimum Gasteiger partial charge on any atom is -0.469 e. The molecular weight excluding hydrogens is 220 g/mol. The molecule has 1 fully saturated rings. The molecule has 0 saturated carbocycles. The van der Waals surface area contributed by atoms with Crippen LogP contribution in [0.4, 0.5) is 0 Å². The molecule has 0 radical (unpaired) electrons. The van der Waals surface area contributed by atoms with Gasteiger partial charge in [-0.25, -0.2) is 0 Å². The van der Waals surface area contributed by atoms with Crippen LogP contribution >= 0.6 is 0 Å². The molecule has 1 heterocycles. The maximum Gasteiger partial charge on any atom is 0.308 e. The van der Waals surface area contributed by atoms with Gasteiger partial charge in [0.05, 0.1) is 31.3 Å². The predicted molar refractivity (Wildman–Crippen MR) is 62.3 cm³/mol. The molecule has 0 aromatic rings. The topological polar surface area (TPSA) is 62.6 Å². The Morgan fingerprint density at radius 3 is 3.00 bits per heavy atom. The average molecular weight is 240 g/mol. The third kappa shape index (κ3) is 4.33. The smallest absolute Gasteiger partial charge is 0.308 e. The molecule has 1 aliphatic rings. The predicted octanol–water partition coefficient (Wildman–Crippen LogP) is 0.943. The van der Waals surface area contributed by atoms with Crippen LogP contribution in [0.2, 0.25) is 0 Å². The van der Waals surface area contributed by atoms with Crippen molar-refractivity contribution in [2.75, 3.05) is 27.2 Å². The molecule has 0 N–H and O–H groups in total. The Morgan fingerprint density at radius 1 is 1.71 bits per heavy atom. The van der Waals surface area contributed by atoms with Crippen molar-refractivity contribution in [3.8, 4) is 6.07 Å². The second kappa shape index (κ2) is 5.99. The summed E-state index contributed by atoms with van der Waals surface area (Å²) in [5.74, 6) is -0.257. The van der Waals surface area contributed by atoms with Gasteiger partial charge in [-0.3, -0.25) is 4.79 Å². The number of methoxy groups -OCH3 is 1. The number of hydrogen-bond donors (Lipinski definition) is 0. The van der Waals surface area contributed by atoms with E-state index in [1.165, 1.54) is 7.11 Å². The Kier molecular flexibility index (Phi) is 4.91. The summed E-state index contributed by atoms with van der Waals surface area (Å²) >= 11 is 0. The van der Waals surface area contributed by atoms with Crippen LogP contribution in [0.1, 0.15) is 26.2 Å². The maximum atomic E-state index is 11.2. The van der Waals surface area contributed by atoms with E-state index in [4.69, 9.17) is 10.00 Å². The Balaban J connectivity index is 2.58. The van der Waals surface area contributed by atoms with Gasteiger partial charge in [0.15, 0.2) is 0 Å². The lowest BCUT2D eigenvalue weighted by atomic mass is 9.96. The van der Waals surface area contributed by atoms with E-state index >= 15 is 0 Å². The Hall–Kier alpha value is -1.12. The lowest BCUT2D eigenvalue weighted by Crippen LogP contribution is -2.53. The van der Waals surface area contributed by atoms with Gasteiger partial charge in [-0.1, -0.05) is 0 Å². The number of carbonyl (C=O) groups is 1. The normalized spacial score (nSPS) is 29.6. The van der Waals surface area contributed by atoms with Gasteiger partial charge in [-0.05, 0) is 20.4 Å². The van der Waals surface area contributed by atoms with Crippen LogP contribution in [0.3, 0.4) is 0 Å². The fourth-order valence-electron chi connectivity index (χ4n) is 2.29. The van der Waals surface area contributed by atoms with Crippen LogP contribution in [0.25, 0.3) is 0 Å². The maximum absolute atomic E-state index is 11.2. The van der Waals surface area contributed by atoms with E-state index in [1.54, 1.807) is 0 Å². The highest BCUT2D eigenvalue weighted by molar-refractivity contribution is 5.69. The second-order valence-electron chi connectivity index (χ2n) is 4.82. The molecule has 5 heteroatoms. The molecule has 2 atom stereocenters. The average Bonchev–Trinajstić information content (AvgIpc) is 2.25. The zero-order valence-electron chi connectivity index (χ0n) is 10.7. The van der Waals surface area contributed by atoms with Crippen molar-refractivity contribution in [1.29, 1.82) is 5.26 Å². The van der Waals surface area contributed by atoms with Crippen molar-refractivity contribution in [2.24, 2.45) is 0 Å². The molecule has 0 bridgehead atoms. The molecule has 1 saturated heterocycles. The third-order valence-corrected chi connectivity index (χ3v) is 2.96. The summed E-state index contributed by atoms with van der Waals surface area (Å²) in [5, 5.41) is 8.63. The highest BCUT2D eigenvalue weighted by atomic mass is 16.5. The van der Waals surface area contributed by atoms with Gasteiger partial charge in [-0.15, -0.1) is 0 Å². The molecule has 0 amide bonds. The zero-order valence-corrected chi connectivity index (χ0v) is 10.7. The lowest BCUT2D eigenvalue weighted by Gasteiger charge is -2.43. The molecule has 1 aliphatic heterocycles. The number of rotatable bonds is 4. The van der Waals surface area contributed by atoms with E-state index in [2.05, 4.69) is 15.7 Å². The van der Waals surface area contributed by atoms with Gasteiger partial charge in [0.2, 0.25) is 0 Å². The van der Waals surface area contributed by atoms with Gasteiger partial charge in [0.1, 0.15) is 0 Å². The molecule has 17 heavy (non-hydrogen) atoms. The van der Waals surface area contributed by atoms with Crippen LogP contribution in [-0.2, 0) is 14.3 Å². The minimum absolute atomic E-state index is 0.148. The Labute approximate surface area is 102 Å². The number of nitrogens with zero attached hydrogens (tertiary/aromatic N) is 2. The number of nitriles is 1. The molecule has 96 valence electrons. The fraction of sp³-hybridized carbons (Fsp3) is 0.833. The first-order chi connectivity index (χ1) is 7.99. The Bertz CT molecular complexity index is 313. The van der Waals surface area contributed by atoms with E-state index in [0.29, 0.717) is 12.8 Å². The van der Waals surface area contributed by atoms with Gasteiger partial charge in [0, 0.05) is 19.5 Å². The first kappa shape index (κ1) is 13.9. The van der Waals surface area contributed by atoms with Crippen molar-refractivity contribution in [2.45, 2.75) is 37.9 Å². The second-order valence-corrected chi connectivity index (χ2v) is 4.82. The summed E-state index contributed by atoms with van der Waals surface area (Å²) in [6.45, 7) is 3.49. The van der Waals surface area contributed by atoms with Gasteiger partial charge >= 0.3 is 5.97 Å². The third-order valence-electron chi connectivity index (χ3n) is 2.96. The summed E-state index contributed by atoms with van der Waals surface area (Å²) in [7, 11) is 3.38. The largest absolute Gasteiger partial charge is 0.469 e. The molecule has 0 spiro atoms. The minimum atomic E-state index is -0.346. The number of esters is 1. The summed E-state index contributed by atoms with van der Waals surface area (Å²) < 4.78 is 10.6. The number of likely N-dealkylation sites (N-methyl/N-ethyl adjacent to an activating group) is 1. The van der Waals surface area contributed by atoms with E-state index in [9.17, 15) is 4.79 Å². The van der Waals surface area contributed by atoms with Gasteiger partial charge < -0.3 is 14.4 Å². The monoisotopic (exact) mass is 240 g/mol. The van der Waals surface area contributed by atoms with Crippen LogP contribution in [0.15, 0.2) is 0 Å². The van der Waals surface area contributed by atoms with Gasteiger partial charge in [-0.2, -0.15) is 5.26 Å². The molecule has 5 nitrogen and oxygen atoms in total. The van der Waals surface area contributed by atoms with Crippen LogP contribution in [0.5, 0.6) is 0 Å². The van der Waals surface area contributed by atoms with Crippen LogP contribution in [0, 0.1) is 11.3 Å². The van der Waals surface area contributed by atoms with E-state index < -0.39 is 0 Å². The van der Waals surface area contributed by atoms with Crippen molar-refractivity contribution < 1.29 is 14.3 Å². The van der Waals surface area contributed by atoms with Gasteiger partial charge in [0.25, 0.3) is 0 Å². The zero-order chi connectivity index (χ0) is 12.9. The summed E-state index contributed by atoms with van der Waals surface area (Å²) in [5.41, 5.74) is -0.346. The number of morpholine rings is 1. The number of ether oxygens (including phenoxy) is 2. The van der Waals surface area contributed by atoms with Crippen molar-refractivity contribution in [1.82, 2.24) is 4.90 Å². The highest BCUT2D eigenvalue weighted by Gasteiger charge is 2.36. The van der Waals surface area contributed by atoms with E-state index in [1.807, 2.05) is 14.0 Å². The van der Waals surface area contributed by atoms with E-state index in [-0.39, 0.29) is 24.1 Å². The van der Waals surface area contributed by atoms with Crippen molar-refractivity contribution >= 4 is 5.97 Å². The highest BCUT2D eigenvalue weighted by Crippen LogP contribution is 2.26. The first-order valence-corrected chi connectivity index (χ1v) is 5.79. The number of carbonyl (C=O) groups excluding carboxylic acids is 1. The molecule has 0 aromatic heterocycles. The summed E-state index contributed by atoms with van der Waals surface area (Å²) in [6, 6.07) is 2.13. The van der Waals surface area contributed by atoms with Crippen molar-refractivity contribution in [3.05, 3.63) is 0 Å². The summed E-state index contributed by atoms with van der Waals surface area (Å²) in [6.07, 6.45) is 1.27. The lowest BCUT2D eigenvalue weighted by molar-refractivity contribution is -0.163. The fourth-order valence-corrected chi connectivity index (χ4v) is 2.29. The Morgan fingerprint density at radius 2 is 2.41 bits per heavy atom. The molecule has 0 aliphatic carbocycles. The quantitative estimate of drug-likeness (QED) is 0.684. The standard InChI is InChI=1S/C12H20N2O3/c1-12(5-4-6-13)9-14(2)8-10(17-12)7-11(15)16-3/h10H,4-5,7-9H2,1-3H3/t10-,12-/m0/s1. The summed E-state index contributed by atoms with van der Waals surface area (Å²) in [4.78, 5) is 13.4. The SMILES string of the molecule is COC(=O)C[C@H]1CN(C)C[C@](C)(CCC#N)O1. The number of hydrogen-bond acceptors (Lipinski definition) is 5. The first-order valence-electron chi connectivity index (χ1n) is 5.79. The molecule has 1 rings (SSSR count). The molecule has 0 unspecified atom stereocenters. The van der Waals surface area contributed by atoms with Crippen LogP contribution < -0.4 is 0 Å². The van der Waals surface area contributed by atoms with E-state index in [0.717, 1.165) is 13.1 Å².